The summed E-state index contributed by atoms with van der Waals surface area (Å²) in [6.45, 7) is -0.105. The smallest absolute Gasteiger partial charge is 0.417 e. The molecule has 1 amide bonds. The monoisotopic (exact) mass is 427 g/mol. The summed E-state index contributed by atoms with van der Waals surface area (Å²) in [7, 11) is 0. The van der Waals surface area contributed by atoms with Gasteiger partial charge in [-0.25, -0.2) is 4.98 Å². The van der Waals surface area contributed by atoms with Gasteiger partial charge in [-0.05, 0) is 66.6 Å². The second-order valence-electron chi connectivity index (χ2n) is 6.53. The molecule has 0 aliphatic carbocycles. The van der Waals surface area contributed by atoms with Gasteiger partial charge in [-0.2, -0.15) is 18.4 Å². The summed E-state index contributed by atoms with van der Waals surface area (Å²) >= 11 is 0. The number of rotatable bonds is 6. The lowest BCUT2D eigenvalue weighted by molar-refractivity contribution is -0.137. The quantitative estimate of drug-likeness (QED) is 0.617. The predicted molar refractivity (Wildman–Crippen MR) is 105 cm³/mol. The minimum atomic E-state index is -4.63. The normalized spacial score (nSPS) is 11.1. The molecule has 0 spiro atoms. The molecule has 0 aliphatic rings. The van der Waals surface area contributed by atoms with Gasteiger partial charge < -0.3 is 15.6 Å². The van der Waals surface area contributed by atoms with Gasteiger partial charge in [0.05, 0.1) is 22.9 Å². The molecule has 158 valence electrons. The summed E-state index contributed by atoms with van der Waals surface area (Å²) in [5, 5.41) is 18.1. The Morgan fingerprint density at radius 1 is 1.10 bits per heavy atom. The van der Waals surface area contributed by atoms with Crippen LogP contribution in [0.3, 0.4) is 0 Å². The highest BCUT2D eigenvalue weighted by Gasteiger charge is 2.33. The van der Waals surface area contributed by atoms with Crippen LogP contribution >= 0.6 is 0 Å². The number of aliphatic hydroxyl groups is 1. The number of amides is 1. The zero-order valence-electron chi connectivity index (χ0n) is 16.0. The summed E-state index contributed by atoms with van der Waals surface area (Å²) in [6.07, 6.45) is -4.31. The van der Waals surface area contributed by atoms with E-state index in [1.807, 2.05) is 0 Å². The first-order chi connectivity index (χ1) is 14.7. The van der Waals surface area contributed by atoms with E-state index in [0.29, 0.717) is 29.0 Å². The average Bonchev–Trinajstić information content (AvgIpc) is 2.73. The Balaban J connectivity index is 1.86. The summed E-state index contributed by atoms with van der Waals surface area (Å²) in [6, 6.07) is 14.2. The molecule has 0 unspecified atom stereocenters. The standard InChI is InChI=1S/C22H16F3N3O3/c23-22(24,25)18-6-5-17(11-15(18)12-26)31-16-3-1-14(2-4-16)19-9-13(7-8-29)10-20(28-19)21(27)30/h1-6,9-11,29H,7-8H2,(H2,27,30). The van der Waals surface area contributed by atoms with Gasteiger partial charge in [0.15, 0.2) is 0 Å². The Morgan fingerprint density at radius 3 is 2.35 bits per heavy atom. The van der Waals surface area contributed by atoms with E-state index in [0.717, 1.165) is 18.2 Å². The topological polar surface area (TPSA) is 109 Å². The van der Waals surface area contributed by atoms with Crippen molar-refractivity contribution < 1.29 is 27.8 Å². The second-order valence-corrected chi connectivity index (χ2v) is 6.53. The lowest BCUT2D eigenvalue weighted by Crippen LogP contribution is -2.14. The molecule has 0 saturated heterocycles. The Kier molecular flexibility index (Phi) is 6.22. The van der Waals surface area contributed by atoms with Gasteiger partial charge in [-0.3, -0.25) is 4.79 Å². The predicted octanol–water partition coefficient (Wildman–Crippen LogP) is 4.07. The van der Waals surface area contributed by atoms with Gasteiger partial charge in [-0.1, -0.05) is 0 Å². The Morgan fingerprint density at radius 2 is 1.77 bits per heavy atom. The van der Waals surface area contributed by atoms with Crippen molar-refractivity contribution in [3.8, 4) is 28.8 Å². The number of benzene rings is 2. The fraction of sp³-hybridized carbons (Fsp3) is 0.136. The van der Waals surface area contributed by atoms with Gasteiger partial charge in [0.1, 0.15) is 17.2 Å². The summed E-state index contributed by atoms with van der Waals surface area (Å²) in [5.74, 6) is -0.290. The zero-order valence-corrected chi connectivity index (χ0v) is 16.0. The highest BCUT2D eigenvalue weighted by molar-refractivity contribution is 5.91. The number of hydrogen-bond acceptors (Lipinski definition) is 5. The van der Waals surface area contributed by atoms with Crippen molar-refractivity contribution in [1.82, 2.24) is 4.98 Å². The summed E-state index contributed by atoms with van der Waals surface area (Å²) < 4.78 is 44.3. The zero-order chi connectivity index (χ0) is 22.6. The van der Waals surface area contributed by atoms with E-state index < -0.39 is 23.2 Å². The van der Waals surface area contributed by atoms with Crippen LogP contribution in [0, 0.1) is 11.3 Å². The number of pyridine rings is 1. The highest BCUT2D eigenvalue weighted by Crippen LogP contribution is 2.34. The number of carbonyl (C=O) groups excluding carboxylic acids is 1. The first-order valence-corrected chi connectivity index (χ1v) is 9.02. The van der Waals surface area contributed by atoms with Crippen molar-refractivity contribution in [2.24, 2.45) is 5.73 Å². The molecule has 2 aromatic carbocycles. The van der Waals surface area contributed by atoms with E-state index >= 15 is 0 Å². The lowest BCUT2D eigenvalue weighted by Gasteiger charge is -2.11. The van der Waals surface area contributed by atoms with Gasteiger partial charge in [0.25, 0.3) is 5.91 Å². The number of halogens is 3. The fourth-order valence-corrected chi connectivity index (χ4v) is 2.89. The molecule has 1 aromatic heterocycles. The van der Waals surface area contributed by atoms with Crippen LogP contribution in [0.4, 0.5) is 13.2 Å². The van der Waals surface area contributed by atoms with Crippen LogP contribution in [0.25, 0.3) is 11.3 Å². The fourth-order valence-electron chi connectivity index (χ4n) is 2.89. The van der Waals surface area contributed by atoms with Crippen LogP contribution in [0.15, 0.2) is 54.6 Å². The minimum absolute atomic E-state index is 0.0649. The minimum Gasteiger partial charge on any atom is -0.457 e. The number of carbonyl (C=O) groups is 1. The molecule has 0 fully saturated rings. The molecule has 6 nitrogen and oxygen atoms in total. The van der Waals surface area contributed by atoms with Crippen LogP contribution in [0.2, 0.25) is 0 Å². The maximum Gasteiger partial charge on any atom is 0.417 e. The van der Waals surface area contributed by atoms with Crippen LogP contribution in [0.1, 0.15) is 27.2 Å². The molecule has 9 heteroatoms. The second kappa shape index (κ2) is 8.85. The number of ether oxygens (including phenoxy) is 1. The number of aromatic nitrogens is 1. The third kappa shape index (κ3) is 5.18. The number of nitriles is 1. The van der Waals surface area contributed by atoms with Crippen molar-refractivity contribution in [2.45, 2.75) is 12.6 Å². The molecule has 0 bridgehead atoms. The Hall–Kier alpha value is -3.90. The van der Waals surface area contributed by atoms with Gasteiger partial charge in [0.2, 0.25) is 0 Å². The van der Waals surface area contributed by atoms with Gasteiger partial charge >= 0.3 is 6.18 Å². The molecule has 3 N–H and O–H groups in total. The molecular formula is C22H16F3N3O3. The average molecular weight is 427 g/mol. The molecule has 3 aromatic rings. The Labute approximate surface area is 175 Å². The van der Waals surface area contributed by atoms with Crippen LogP contribution in [-0.4, -0.2) is 22.6 Å². The molecule has 0 radical (unpaired) electrons. The van der Waals surface area contributed by atoms with Crippen molar-refractivity contribution >= 4 is 5.91 Å². The molecule has 1 heterocycles. The number of primary amides is 1. The van der Waals surface area contributed by atoms with E-state index in [1.54, 1.807) is 30.3 Å². The first-order valence-electron chi connectivity index (χ1n) is 9.02. The summed E-state index contributed by atoms with van der Waals surface area (Å²) in [4.78, 5) is 15.7. The molecule has 0 aliphatic heterocycles. The molecular weight excluding hydrogens is 411 g/mol. The molecule has 0 saturated carbocycles. The van der Waals surface area contributed by atoms with E-state index in [1.165, 1.54) is 12.1 Å². The number of nitrogens with zero attached hydrogens (tertiary/aromatic N) is 2. The molecule has 0 atom stereocenters. The van der Waals surface area contributed by atoms with E-state index in [-0.39, 0.29) is 18.1 Å². The number of aliphatic hydroxyl groups excluding tert-OH is 1. The third-order valence-corrected chi connectivity index (χ3v) is 4.34. The van der Waals surface area contributed by atoms with Crippen molar-refractivity contribution in [1.29, 1.82) is 5.26 Å². The molecule has 3 rings (SSSR count). The number of alkyl halides is 3. The maximum absolute atomic E-state index is 12.9. The van der Waals surface area contributed by atoms with Gasteiger partial charge in [-0.15, -0.1) is 0 Å². The van der Waals surface area contributed by atoms with E-state index in [9.17, 15) is 18.0 Å². The largest absolute Gasteiger partial charge is 0.457 e. The number of nitrogens with two attached hydrogens (primary N) is 1. The van der Waals surface area contributed by atoms with Crippen LogP contribution in [0.5, 0.6) is 11.5 Å². The van der Waals surface area contributed by atoms with Gasteiger partial charge in [0, 0.05) is 12.2 Å². The molecule has 31 heavy (non-hydrogen) atoms. The first kappa shape index (κ1) is 21.8. The van der Waals surface area contributed by atoms with Crippen LogP contribution < -0.4 is 10.5 Å². The maximum atomic E-state index is 12.9. The van der Waals surface area contributed by atoms with Crippen LogP contribution in [-0.2, 0) is 12.6 Å². The highest BCUT2D eigenvalue weighted by atomic mass is 19.4. The number of hydrogen-bond donors (Lipinski definition) is 2. The van der Waals surface area contributed by atoms with Crippen molar-refractivity contribution in [3.63, 3.8) is 0 Å². The van der Waals surface area contributed by atoms with E-state index in [4.69, 9.17) is 20.8 Å². The van der Waals surface area contributed by atoms with Crippen molar-refractivity contribution in [3.05, 3.63) is 77.0 Å². The van der Waals surface area contributed by atoms with Crippen molar-refractivity contribution in [2.75, 3.05) is 6.61 Å². The third-order valence-electron chi connectivity index (χ3n) is 4.34. The van der Waals surface area contributed by atoms with E-state index in [2.05, 4.69) is 4.98 Å². The lowest BCUT2D eigenvalue weighted by atomic mass is 10.1. The Bertz CT molecular complexity index is 1150. The summed E-state index contributed by atoms with van der Waals surface area (Å²) in [5.41, 5.74) is 5.61. The SMILES string of the molecule is N#Cc1cc(Oc2ccc(-c3cc(CCO)cc(C(N)=O)n3)cc2)ccc1C(F)(F)F.